The van der Waals surface area contributed by atoms with Crippen LogP contribution in [-0.4, -0.2) is 16.5 Å². The molecule has 0 spiro atoms. The molecule has 27 heavy (non-hydrogen) atoms. The number of benzene rings is 2. The van der Waals surface area contributed by atoms with E-state index in [1.807, 2.05) is 18.2 Å². The van der Waals surface area contributed by atoms with Gasteiger partial charge in [0.2, 0.25) is 0 Å². The van der Waals surface area contributed by atoms with Crippen LogP contribution in [0, 0.1) is 0 Å². The van der Waals surface area contributed by atoms with Gasteiger partial charge in [-0.05, 0) is 41.8 Å². The molecule has 0 fully saturated rings. The highest BCUT2D eigenvalue weighted by atomic mass is 19.4. The largest absolute Gasteiger partial charge is 0.416 e. The summed E-state index contributed by atoms with van der Waals surface area (Å²) in [5, 5.41) is 3.04. The van der Waals surface area contributed by atoms with Crippen molar-refractivity contribution in [1.82, 2.24) is 9.97 Å². The van der Waals surface area contributed by atoms with Gasteiger partial charge in [0.25, 0.3) is 0 Å². The van der Waals surface area contributed by atoms with Crippen LogP contribution in [0.2, 0.25) is 0 Å². The maximum absolute atomic E-state index is 12.7. The number of hydrogen-bond acceptors (Lipinski definition) is 4. The van der Waals surface area contributed by atoms with Crippen molar-refractivity contribution in [2.24, 2.45) is 0 Å². The van der Waals surface area contributed by atoms with Crippen LogP contribution in [0.5, 0.6) is 0 Å². The van der Waals surface area contributed by atoms with Crippen LogP contribution in [0.15, 0.2) is 60.9 Å². The lowest BCUT2D eigenvalue weighted by molar-refractivity contribution is -0.137. The number of fused-ring (bicyclic) bond motifs is 1. The molecule has 1 aliphatic rings. The van der Waals surface area contributed by atoms with Gasteiger partial charge in [0.15, 0.2) is 0 Å². The molecule has 1 N–H and O–H groups in total. The summed E-state index contributed by atoms with van der Waals surface area (Å²) in [6, 6.07) is 15.0. The van der Waals surface area contributed by atoms with Gasteiger partial charge in [0, 0.05) is 24.8 Å². The molecule has 2 aromatic carbocycles. The molecule has 0 amide bonds. The summed E-state index contributed by atoms with van der Waals surface area (Å²) < 4.78 is 38.0. The van der Waals surface area contributed by atoms with Crippen molar-refractivity contribution in [3.05, 3.63) is 77.6 Å². The number of hydrogen-bond donors (Lipinski definition) is 1. The monoisotopic (exact) mass is 370 g/mol. The Morgan fingerprint density at radius 1 is 0.926 bits per heavy atom. The molecule has 0 unspecified atom stereocenters. The summed E-state index contributed by atoms with van der Waals surface area (Å²) in [6.07, 6.45) is -1.94. The van der Waals surface area contributed by atoms with Crippen LogP contribution in [0.25, 0.3) is 0 Å². The molecule has 4 nitrogen and oxygen atoms in total. The van der Waals surface area contributed by atoms with Gasteiger partial charge in [-0.3, -0.25) is 0 Å². The highest BCUT2D eigenvalue weighted by Crippen LogP contribution is 2.30. The first-order chi connectivity index (χ1) is 13.0. The first-order valence-corrected chi connectivity index (χ1v) is 8.57. The number of alkyl halides is 3. The van der Waals surface area contributed by atoms with E-state index >= 15 is 0 Å². The van der Waals surface area contributed by atoms with E-state index in [0.29, 0.717) is 11.5 Å². The Bertz CT molecular complexity index is 938. The molecule has 0 aliphatic carbocycles. The Kier molecular flexibility index (Phi) is 4.43. The van der Waals surface area contributed by atoms with E-state index < -0.39 is 11.7 Å². The SMILES string of the molecule is FC(F)(F)c1ccc(Nc2cc(N3CCc4ccccc4C3)ncn2)cc1. The number of halogens is 3. The maximum atomic E-state index is 12.7. The minimum absolute atomic E-state index is 0.539. The summed E-state index contributed by atoms with van der Waals surface area (Å²) in [6.45, 7) is 1.63. The van der Waals surface area contributed by atoms with E-state index in [9.17, 15) is 13.2 Å². The second kappa shape index (κ2) is 6.90. The van der Waals surface area contributed by atoms with E-state index in [0.717, 1.165) is 37.5 Å². The first kappa shape index (κ1) is 17.3. The smallest absolute Gasteiger partial charge is 0.352 e. The normalized spacial score (nSPS) is 14.0. The second-order valence-electron chi connectivity index (χ2n) is 6.40. The molecule has 138 valence electrons. The standard InChI is InChI=1S/C20H17F3N4/c21-20(22,23)16-5-7-17(8-6-16)26-18-11-19(25-13-24-18)27-10-9-14-3-1-2-4-15(14)12-27/h1-8,11,13H,9-10,12H2,(H,24,25,26). The zero-order chi connectivity index (χ0) is 18.9. The molecule has 2 heterocycles. The molecule has 1 aliphatic heterocycles. The fourth-order valence-electron chi connectivity index (χ4n) is 3.17. The fraction of sp³-hybridized carbons (Fsp3) is 0.200. The Morgan fingerprint density at radius 2 is 1.67 bits per heavy atom. The highest BCUT2D eigenvalue weighted by Gasteiger charge is 2.29. The molecule has 0 radical (unpaired) electrons. The molecular weight excluding hydrogens is 353 g/mol. The first-order valence-electron chi connectivity index (χ1n) is 8.57. The van der Waals surface area contributed by atoms with Crippen molar-refractivity contribution in [2.45, 2.75) is 19.1 Å². The van der Waals surface area contributed by atoms with Crippen molar-refractivity contribution < 1.29 is 13.2 Å². The van der Waals surface area contributed by atoms with E-state index in [1.54, 1.807) is 0 Å². The van der Waals surface area contributed by atoms with E-state index in [1.165, 1.54) is 29.6 Å². The summed E-state index contributed by atoms with van der Waals surface area (Å²) in [7, 11) is 0. The molecule has 3 aromatic rings. The van der Waals surface area contributed by atoms with Gasteiger partial charge in [-0.1, -0.05) is 24.3 Å². The lowest BCUT2D eigenvalue weighted by Gasteiger charge is -2.29. The quantitative estimate of drug-likeness (QED) is 0.719. The molecule has 1 aromatic heterocycles. The van der Waals surface area contributed by atoms with Crippen LogP contribution >= 0.6 is 0 Å². The summed E-state index contributed by atoms with van der Waals surface area (Å²) in [4.78, 5) is 10.7. The van der Waals surface area contributed by atoms with Gasteiger partial charge in [-0.25, -0.2) is 9.97 Å². The average Bonchev–Trinajstić information content (AvgIpc) is 2.67. The van der Waals surface area contributed by atoms with Crippen LogP contribution in [0.3, 0.4) is 0 Å². The van der Waals surface area contributed by atoms with Crippen LogP contribution in [-0.2, 0) is 19.1 Å². The lowest BCUT2D eigenvalue weighted by atomic mass is 10.00. The molecule has 7 heteroatoms. The van der Waals surface area contributed by atoms with E-state index in [2.05, 4.69) is 32.3 Å². The van der Waals surface area contributed by atoms with Gasteiger partial charge in [-0.2, -0.15) is 13.2 Å². The molecule has 0 saturated heterocycles. The Hall–Kier alpha value is -3.09. The van der Waals surface area contributed by atoms with Crippen molar-refractivity contribution >= 4 is 17.3 Å². The van der Waals surface area contributed by atoms with Crippen molar-refractivity contribution in [3.63, 3.8) is 0 Å². The Labute approximate surface area is 154 Å². The minimum Gasteiger partial charge on any atom is -0.352 e. The van der Waals surface area contributed by atoms with Crippen molar-refractivity contribution in [3.8, 4) is 0 Å². The third kappa shape index (κ3) is 3.86. The predicted octanol–water partition coefficient (Wildman–Crippen LogP) is 4.80. The predicted molar refractivity (Wildman–Crippen MR) is 98.0 cm³/mol. The third-order valence-electron chi connectivity index (χ3n) is 4.59. The molecule has 0 bridgehead atoms. The maximum Gasteiger partial charge on any atom is 0.416 e. The molecule has 0 atom stereocenters. The van der Waals surface area contributed by atoms with E-state index in [4.69, 9.17) is 0 Å². The zero-order valence-electron chi connectivity index (χ0n) is 14.4. The third-order valence-corrected chi connectivity index (χ3v) is 4.59. The Balaban J connectivity index is 1.50. The molecule has 4 rings (SSSR count). The van der Waals surface area contributed by atoms with Gasteiger partial charge in [0.1, 0.15) is 18.0 Å². The topological polar surface area (TPSA) is 41.0 Å². The summed E-state index contributed by atoms with van der Waals surface area (Å²) >= 11 is 0. The number of rotatable bonds is 3. The van der Waals surface area contributed by atoms with Gasteiger partial charge < -0.3 is 10.2 Å². The second-order valence-corrected chi connectivity index (χ2v) is 6.40. The minimum atomic E-state index is -4.34. The van der Waals surface area contributed by atoms with Crippen LogP contribution in [0.4, 0.5) is 30.5 Å². The van der Waals surface area contributed by atoms with Crippen molar-refractivity contribution in [2.75, 3.05) is 16.8 Å². The van der Waals surface area contributed by atoms with Gasteiger partial charge in [-0.15, -0.1) is 0 Å². The molecule has 0 saturated carbocycles. The summed E-state index contributed by atoms with van der Waals surface area (Å²) in [5.74, 6) is 1.33. The Morgan fingerprint density at radius 3 is 2.41 bits per heavy atom. The van der Waals surface area contributed by atoms with Gasteiger partial charge in [0.05, 0.1) is 5.56 Å². The lowest BCUT2D eigenvalue weighted by Crippen LogP contribution is -2.31. The van der Waals surface area contributed by atoms with Crippen LogP contribution < -0.4 is 10.2 Å². The molecular formula is C20H17F3N4. The average molecular weight is 370 g/mol. The number of anilines is 3. The summed E-state index contributed by atoms with van der Waals surface area (Å²) in [5.41, 5.74) is 2.49. The fourth-order valence-corrected chi connectivity index (χ4v) is 3.17. The van der Waals surface area contributed by atoms with Gasteiger partial charge >= 0.3 is 6.18 Å². The number of nitrogens with one attached hydrogen (secondary N) is 1. The number of nitrogens with zero attached hydrogens (tertiary/aromatic N) is 3. The highest BCUT2D eigenvalue weighted by molar-refractivity contribution is 5.60. The van der Waals surface area contributed by atoms with Crippen LogP contribution in [0.1, 0.15) is 16.7 Å². The number of aromatic nitrogens is 2. The van der Waals surface area contributed by atoms with E-state index in [-0.39, 0.29) is 0 Å². The zero-order valence-corrected chi connectivity index (χ0v) is 14.4. The van der Waals surface area contributed by atoms with Crippen molar-refractivity contribution in [1.29, 1.82) is 0 Å².